The molecule has 0 saturated heterocycles. The number of nitrogens with two attached hydrogens (primary N) is 1. The van der Waals surface area contributed by atoms with Crippen molar-refractivity contribution in [3.63, 3.8) is 0 Å². The quantitative estimate of drug-likeness (QED) is 0.865. The Labute approximate surface area is 100 Å². The van der Waals surface area contributed by atoms with Gasteiger partial charge in [0.25, 0.3) is 0 Å². The molecular formula is C13H16FN3. The largest absolute Gasteiger partial charge is 0.383 e. The molecule has 0 unspecified atom stereocenters. The SMILES string of the molecule is Cc1nc(-c2cccc(F)c2)c(N)n1C(C)C. The third kappa shape index (κ3) is 2.02. The van der Waals surface area contributed by atoms with Crippen LogP contribution in [0.15, 0.2) is 24.3 Å². The molecule has 0 aliphatic heterocycles. The van der Waals surface area contributed by atoms with Gasteiger partial charge in [-0.15, -0.1) is 0 Å². The molecule has 0 fully saturated rings. The molecule has 1 aromatic carbocycles. The van der Waals surface area contributed by atoms with Gasteiger partial charge in [0.1, 0.15) is 23.2 Å². The highest BCUT2D eigenvalue weighted by Gasteiger charge is 2.15. The fourth-order valence-electron chi connectivity index (χ4n) is 2.06. The average molecular weight is 233 g/mol. The van der Waals surface area contributed by atoms with Crippen LogP contribution in [0.3, 0.4) is 0 Å². The topological polar surface area (TPSA) is 43.8 Å². The number of aryl methyl sites for hydroxylation is 1. The molecule has 0 saturated carbocycles. The average Bonchev–Trinajstić information content (AvgIpc) is 2.54. The predicted octanol–water partition coefficient (Wildman–Crippen LogP) is 3.16. The number of aromatic nitrogens is 2. The molecule has 0 radical (unpaired) electrons. The number of imidazole rings is 1. The molecule has 1 aromatic heterocycles. The monoisotopic (exact) mass is 233 g/mol. The van der Waals surface area contributed by atoms with E-state index in [0.29, 0.717) is 17.1 Å². The van der Waals surface area contributed by atoms with Gasteiger partial charge in [-0.2, -0.15) is 0 Å². The van der Waals surface area contributed by atoms with Crippen LogP contribution in [0.2, 0.25) is 0 Å². The molecule has 0 amide bonds. The van der Waals surface area contributed by atoms with Crippen LogP contribution < -0.4 is 5.73 Å². The normalized spacial score (nSPS) is 11.1. The Bertz CT molecular complexity index is 544. The Morgan fingerprint density at radius 2 is 2.06 bits per heavy atom. The summed E-state index contributed by atoms with van der Waals surface area (Å²) >= 11 is 0. The second-order valence-electron chi connectivity index (χ2n) is 4.37. The van der Waals surface area contributed by atoms with Crippen molar-refractivity contribution in [1.82, 2.24) is 9.55 Å². The highest BCUT2D eigenvalue weighted by molar-refractivity contribution is 5.71. The third-order valence-corrected chi connectivity index (χ3v) is 2.74. The number of nitrogen functional groups attached to an aromatic ring is 1. The van der Waals surface area contributed by atoms with Crippen LogP contribution >= 0.6 is 0 Å². The molecule has 0 atom stereocenters. The van der Waals surface area contributed by atoms with E-state index < -0.39 is 0 Å². The van der Waals surface area contributed by atoms with Gasteiger partial charge in [0.15, 0.2) is 0 Å². The van der Waals surface area contributed by atoms with Crippen LogP contribution in [0.4, 0.5) is 10.2 Å². The molecule has 4 heteroatoms. The minimum Gasteiger partial charge on any atom is -0.383 e. The summed E-state index contributed by atoms with van der Waals surface area (Å²) < 4.78 is 15.1. The van der Waals surface area contributed by atoms with E-state index >= 15 is 0 Å². The van der Waals surface area contributed by atoms with Gasteiger partial charge in [0, 0.05) is 11.6 Å². The lowest BCUT2D eigenvalue weighted by molar-refractivity contribution is 0.590. The van der Waals surface area contributed by atoms with E-state index in [4.69, 9.17) is 5.73 Å². The van der Waals surface area contributed by atoms with E-state index in [9.17, 15) is 4.39 Å². The summed E-state index contributed by atoms with van der Waals surface area (Å²) in [4.78, 5) is 4.41. The van der Waals surface area contributed by atoms with E-state index in [-0.39, 0.29) is 11.9 Å². The van der Waals surface area contributed by atoms with Gasteiger partial charge in [-0.3, -0.25) is 0 Å². The fraction of sp³-hybridized carbons (Fsp3) is 0.308. The van der Waals surface area contributed by atoms with Crippen LogP contribution in [0.5, 0.6) is 0 Å². The molecule has 2 rings (SSSR count). The molecule has 1 heterocycles. The number of hydrogen-bond donors (Lipinski definition) is 1. The van der Waals surface area contributed by atoms with Gasteiger partial charge in [-0.1, -0.05) is 12.1 Å². The van der Waals surface area contributed by atoms with E-state index in [1.165, 1.54) is 12.1 Å². The maximum absolute atomic E-state index is 13.2. The van der Waals surface area contributed by atoms with Gasteiger partial charge in [0.05, 0.1) is 0 Å². The standard InChI is InChI=1S/C13H16FN3/c1-8(2)17-9(3)16-12(13(17)15)10-5-4-6-11(14)7-10/h4-8H,15H2,1-3H3. The summed E-state index contributed by atoms with van der Waals surface area (Å²) in [7, 11) is 0. The van der Waals surface area contributed by atoms with E-state index in [1.54, 1.807) is 6.07 Å². The number of rotatable bonds is 2. The zero-order valence-corrected chi connectivity index (χ0v) is 10.2. The Morgan fingerprint density at radius 1 is 1.35 bits per heavy atom. The number of hydrogen-bond acceptors (Lipinski definition) is 2. The fourth-order valence-corrected chi connectivity index (χ4v) is 2.06. The van der Waals surface area contributed by atoms with Crippen LogP contribution in [0, 0.1) is 12.7 Å². The maximum atomic E-state index is 13.2. The van der Waals surface area contributed by atoms with Crippen molar-refractivity contribution in [3.05, 3.63) is 35.9 Å². The number of halogens is 1. The Hall–Kier alpha value is -1.84. The van der Waals surface area contributed by atoms with Gasteiger partial charge in [0.2, 0.25) is 0 Å². The summed E-state index contributed by atoms with van der Waals surface area (Å²) in [5, 5.41) is 0. The van der Waals surface area contributed by atoms with Crippen molar-refractivity contribution in [3.8, 4) is 11.3 Å². The zero-order chi connectivity index (χ0) is 12.6. The van der Waals surface area contributed by atoms with Gasteiger partial charge < -0.3 is 10.3 Å². The van der Waals surface area contributed by atoms with Crippen molar-refractivity contribution in [2.45, 2.75) is 26.8 Å². The molecular weight excluding hydrogens is 217 g/mol. The zero-order valence-electron chi connectivity index (χ0n) is 10.2. The van der Waals surface area contributed by atoms with Crippen molar-refractivity contribution in [1.29, 1.82) is 0 Å². The van der Waals surface area contributed by atoms with Crippen molar-refractivity contribution in [2.75, 3.05) is 5.73 Å². The van der Waals surface area contributed by atoms with E-state index in [1.807, 2.05) is 31.4 Å². The molecule has 90 valence electrons. The van der Waals surface area contributed by atoms with Crippen molar-refractivity contribution in [2.24, 2.45) is 0 Å². The van der Waals surface area contributed by atoms with Gasteiger partial charge in [-0.25, -0.2) is 9.37 Å². The lowest BCUT2D eigenvalue weighted by atomic mass is 10.1. The lowest BCUT2D eigenvalue weighted by Crippen LogP contribution is -2.07. The molecule has 0 bridgehead atoms. The molecule has 0 aliphatic carbocycles. The molecule has 0 aliphatic rings. The first-order valence-corrected chi connectivity index (χ1v) is 5.61. The van der Waals surface area contributed by atoms with Crippen LogP contribution in [-0.4, -0.2) is 9.55 Å². The molecule has 0 spiro atoms. The summed E-state index contributed by atoms with van der Waals surface area (Å²) in [5.41, 5.74) is 7.43. The number of benzene rings is 1. The lowest BCUT2D eigenvalue weighted by Gasteiger charge is -2.11. The van der Waals surface area contributed by atoms with Gasteiger partial charge in [-0.05, 0) is 32.9 Å². The van der Waals surface area contributed by atoms with Crippen LogP contribution in [0.1, 0.15) is 25.7 Å². The minimum atomic E-state index is -0.279. The highest BCUT2D eigenvalue weighted by Crippen LogP contribution is 2.28. The van der Waals surface area contributed by atoms with Crippen LogP contribution in [-0.2, 0) is 0 Å². The number of nitrogens with zero attached hydrogens (tertiary/aromatic N) is 2. The summed E-state index contributed by atoms with van der Waals surface area (Å²) in [6, 6.07) is 6.57. The highest BCUT2D eigenvalue weighted by atomic mass is 19.1. The number of anilines is 1. The second-order valence-corrected chi connectivity index (χ2v) is 4.37. The molecule has 17 heavy (non-hydrogen) atoms. The first-order chi connectivity index (χ1) is 8.00. The first kappa shape index (κ1) is 11.6. The first-order valence-electron chi connectivity index (χ1n) is 5.61. The maximum Gasteiger partial charge on any atom is 0.131 e. The summed E-state index contributed by atoms with van der Waals surface area (Å²) in [5.74, 6) is 1.15. The molecule has 2 aromatic rings. The Morgan fingerprint density at radius 3 is 2.59 bits per heavy atom. The summed E-state index contributed by atoms with van der Waals surface area (Å²) in [6.07, 6.45) is 0. The van der Waals surface area contributed by atoms with Crippen LogP contribution in [0.25, 0.3) is 11.3 Å². The Balaban J connectivity index is 2.58. The second kappa shape index (κ2) is 4.20. The molecule has 3 nitrogen and oxygen atoms in total. The van der Waals surface area contributed by atoms with E-state index in [2.05, 4.69) is 4.98 Å². The Kier molecular flexibility index (Phi) is 2.88. The van der Waals surface area contributed by atoms with Crippen molar-refractivity contribution < 1.29 is 4.39 Å². The molecule has 2 N–H and O–H groups in total. The smallest absolute Gasteiger partial charge is 0.131 e. The summed E-state index contributed by atoms with van der Waals surface area (Å²) in [6.45, 7) is 5.99. The van der Waals surface area contributed by atoms with Gasteiger partial charge >= 0.3 is 0 Å². The third-order valence-electron chi connectivity index (χ3n) is 2.74. The minimum absolute atomic E-state index is 0.241. The van der Waals surface area contributed by atoms with Crippen molar-refractivity contribution >= 4 is 5.82 Å². The van der Waals surface area contributed by atoms with E-state index in [0.717, 1.165) is 5.82 Å². The predicted molar refractivity (Wildman–Crippen MR) is 67.2 cm³/mol.